The van der Waals surface area contributed by atoms with Crippen LogP contribution in [0.15, 0.2) is 0 Å². The van der Waals surface area contributed by atoms with Gasteiger partial charge in [0.05, 0.1) is 0 Å². The van der Waals surface area contributed by atoms with Crippen molar-refractivity contribution in [2.75, 3.05) is 0 Å². The van der Waals surface area contributed by atoms with Gasteiger partial charge in [-0.1, -0.05) is 0 Å². The predicted molar refractivity (Wildman–Crippen MR) is 19.2 cm³/mol. The summed E-state index contributed by atoms with van der Waals surface area (Å²) in [4.78, 5) is 8.98. The van der Waals surface area contributed by atoms with Gasteiger partial charge in [-0.25, -0.2) is 0 Å². The number of rotatable bonds is 0. The first-order valence-electron chi connectivity index (χ1n) is 0.582. The number of carbonyl (C=O) groups excluding carboxylic acids is 1. The van der Waals surface area contributed by atoms with E-state index in [4.69, 9.17) is 4.79 Å². The van der Waals surface area contributed by atoms with Crippen LogP contribution in [0.2, 0.25) is 0 Å². The lowest BCUT2D eigenvalue weighted by atomic mass is 11.8. The molecule has 0 saturated carbocycles. The summed E-state index contributed by atoms with van der Waals surface area (Å²) in [6.07, 6.45) is 0. The van der Waals surface area contributed by atoms with Gasteiger partial charge in [-0.2, -0.15) is 0 Å². The molecule has 0 atom stereocenters. The molecule has 2 nitrogen and oxygen atoms in total. The Morgan fingerprint density at radius 3 is 1.40 bits per heavy atom. The van der Waals surface area contributed by atoms with Crippen molar-refractivity contribution < 1.29 is 4.79 Å². The summed E-state index contributed by atoms with van der Waals surface area (Å²) in [6.45, 7) is 0. The third kappa shape index (κ3) is 466. The summed E-state index contributed by atoms with van der Waals surface area (Å²) >= 11 is 8.80. The van der Waals surface area contributed by atoms with Crippen LogP contribution in [0, 0.1) is 0 Å². The zero-order valence-electron chi connectivity index (χ0n) is 2.11. The van der Waals surface area contributed by atoms with E-state index >= 15 is 0 Å². The Bertz CT molecular complexity index is 32.6. The average Bonchev–Trinajstić information content (AvgIpc) is 0.811. The van der Waals surface area contributed by atoms with Crippen molar-refractivity contribution in [3.8, 4) is 0 Å². The van der Waals surface area contributed by atoms with Gasteiger partial charge < -0.3 is 0 Å². The van der Waals surface area contributed by atoms with Crippen molar-refractivity contribution in [1.82, 2.24) is 6.15 Å². The van der Waals surface area contributed by atoms with E-state index in [-0.39, 0.29) is 6.15 Å². The zero-order valence-corrected chi connectivity index (χ0v) is 3.62. The molecule has 0 rings (SSSR count). The van der Waals surface area contributed by atoms with Gasteiger partial charge in [0.2, 0.25) is 0 Å². The Balaban J connectivity index is 0. The van der Waals surface area contributed by atoms with Gasteiger partial charge in [0, 0.05) is 6.15 Å². The maximum Gasteiger partial charge on any atom is 0.313 e. The van der Waals surface area contributed by atoms with Crippen molar-refractivity contribution in [3.05, 3.63) is 0 Å². The number of hydrogen-bond acceptors (Lipinski definition) is 1. The van der Waals surface area contributed by atoms with Crippen LogP contribution in [-0.2, 0) is 0 Å². The number of halogens is 2. The largest absolute Gasteiger partial charge is 0.313 e. The molecule has 0 spiro atoms. The lowest BCUT2D eigenvalue weighted by molar-refractivity contribution is 0.275. The first-order chi connectivity index (χ1) is 1.73. The number of carbonyl (C=O) groups is 1. The SMILES string of the molecule is O=C(Cl)Cl.[N]. The quantitative estimate of drug-likeness (QED) is 0.434. The van der Waals surface area contributed by atoms with Crippen LogP contribution < -0.4 is 6.15 Å². The fourth-order valence-electron chi connectivity index (χ4n) is 0. The standard InChI is InChI=1S/CCl2O.N/c2-1(3)4;. The summed E-state index contributed by atoms with van der Waals surface area (Å²) in [5.74, 6) is 0. The van der Waals surface area contributed by atoms with E-state index in [0.29, 0.717) is 0 Å². The Labute approximate surface area is 39.6 Å². The Hall–Kier alpha value is 0.210. The van der Waals surface area contributed by atoms with E-state index in [1.165, 1.54) is 0 Å². The van der Waals surface area contributed by atoms with Gasteiger partial charge in [0.1, 0.15) is 0 Å². The number of hydrogen-bond donors (Lipinski definition) is 0. The molecule has 0 aliphatic rings. The predicted octanol–water partition coefficient (Wildman–Crippen LogP) is 1.10. The Morgan fingerprint density at radius 2 is 1.40 bits per heavy atom. The van der Waals surface area contributed by atoms with Crippen molar-refractivity contribution in [1.29, 1.82) is 0 Å². The molecule has 0 unspecified atom stereocenters. The lowest BCUT2D eigenvalue weighted by Crippen LogP contribution is -1.46. The summed E-state index contributed by atoms with van der Waals surface area (Å²) in [5.41, 5.74) is 0. The van der Waals surface area contributed by atoms with E-state index in [2.05, 4.69) is 23.2 Å². The number of nitrogens with zero attached hydrogens (tertiary/aromatic N) is 1. The van der Waals surface area contributed by atoms with Crippen molar-refractivity contribution in [3.63, 3.8) is 0 Å². The lowest BCUT2D eigenvalue weighted by Gasteiger charge is -1.48. The van der Waals surface area contributed by atoms with Crippen molar-refractivity contribution in [2.24, 2.45) is 0 Å². The fourth-order valence-corrected chi connectivity index (χ4v) is 0. The van der Waals surface area contributed by atoms with Gasteiger partial charge in [-0.3, -0.25) is 4.79 Å². The minimum absolute atomic E-state index is 0. The Morgan fingerprint density at radius 1 is 1.40 bits per heavy atom. The van der Waals surface area contributed by atoms with Gasteiger partial charge in [-0.05, 0) is 23.2 Å². The van der Waals surface area contributed by atoms with E-state index in [9.17, 15) is 0 Å². The van der Waals surface area contributed by atoms with Crippen LogP contribution in [-0.4, -0.2) is 4.70 Å². The molecule has 0 heterocycles. The van der Waals surface area contributed by atoms with Crippen LogP contribution in [0.1, 0.15) is 0 Å². The normalized spacial score (nSPS) is 5.20. The van der Waals surface area contributed by atoms with E-state index in [0.717, 1.165) is 0 Å². The highest BCUT2D eigenvalue weighted by atomic mass is 35.5. The molecule has 29 valence electrons. The third-order valence-corrected chi connectivity index (χ3v) is 0. The van der Waals surface area contributed by atoms with E-state index < -0.39 is 4.70 Å². The minimum Gasteiger partial charge on any atom is -0.262 e. The molecule has 5 heavy (non-hydrogen) atoms. The van der Waals surface area contributed by atoms with E-state index in [1.54, 1.807) is 0 Å². The fraction of sp³-hybridized carbons (Fsp3) is 0. The molecule has 0 aliphatic carbocycles. The first kappa shape index (κ1) is 8.96. The summed E-state index contributed by atoms with van der Waals surface area (Å²) in [6, 6.07) is 0. The second-order valence-corrected chi connectivity index (χ2v) is 1.11. The molecule has 4 heteroatoms. The van der Waals surface area contributed by atoms with E-state index in [1.807, 2.05) is 0 Å². The highest BCUT2D eigenvalue weighted by Crippen LogP contribution is 1.84. The van der Waals surface area contributed by atoms with Crippen LogP contribution in [0.3, 0.4) is 0 Å². The van der Waals surface area contributed by atoms with Crippen LogP contribution in [0.25, 0.3) is 0 Å². The second kappa shape index (κ2) is 4.21. The molecule has 0 aromatic rings. The Kier molecular flexibility index (Phi) is 7.55. The highest BCUT2D eigenvalue weighted by Gasteiger charge is 1.72. The average molecular weight is 113 g/mol. The molecule has 0 amide bonds. The molecule has 0 fully saturated rings. The monoisotopic (exact) mass is 112 g/mol. The molecule has 0 bridgehead atoms. The molecule has 0 aromatic carbocycles. The van der Waals surface area contributed by atoms with Crippen molar-refractivity contribution >= 4 is 27.9 Å². The minimum atomic E-state index is -0.889. The summed E-state index contributed by atoms with van der Waals surface area (Å²) in [5, 5.41) is 0. The smallest absolute Gasteiger partial charge is 0.262 e. The van der Waals surface area contributed by atoms with Crippen molar-refractivity contribution in [2.45, 2.75) is 0 Å². The molecular weight excluding hydrogens is 113 g/mol. The topological polar surface area (TPSA) is 47.6 Å². The molecule has 0 aliphatic heterocycles. The van der Waals surface area contributed by atoms with Gasteiger partial charge in [0.15, 0.2) is 0 Å². The maximum atomic E-state index is 8.98. The molecule has 0 saturated heterocycles. The maximum absolute atomic E-state index is 8.98. The van der Waals surface area contributed by atoms with Crippen LogP contribution in [0.5, 0.6) is 0 Å². The molecule has 0 aromatic heterocycles. The molecular formula is CCl2NO. The second-order valence-electron chi connectivity index (χ2n) is 0.226. The molecule has 3 radical (unpaired) electrons. The van der Waals surface area contributed by atoms with Crippen LogP contribution in [0.4, 0.5) is 4.79 Å². The summed E-state index contributed by atoms with van der Waals surface area (Å²) < 4.78 is -0.889. The van der Waals surface area contributed by atoms with Gasteiger partial charge in [0.25, 0.3) is 0 Å². The van der Waals surface area contributed by atoms with Gasteiger partial charge >= 0.3 is 4.70 Å². The summed E-state index contributed by atoms with van der Waals surface area (Å²) in [7, 11) is 0. The third-order valence-electron chi connectivity index (χ3n) is 0. The highest BCUT2D eigenvalue weighted by molar-refractivity contribution is 6.93. The zero-order chi connectivity index (χ0) is 3.58. The van der Waals surface area contributed by atoms with Gasteiger partial charge in [-0.15, -0.1) is 0 Å². The van der Waals surface area contributed by atoms with Crippen LogP contribution >= 0.6 is 23.2 Å². The first-order valence-corrected chi connectivity index (χ1v) is 1.34. The molecule has 0 N–H and O–H groups in total.